The van der Waals surface area contributed by atoms with E-state index < -0.39 is 0 Å². The highest BCUT2D eigenvalue weighted by atomic mass is 16.5. The maximum atomic E-state index is 11.6. The van der Waals surface area contributed by atoms with Crippen LogP contribution in [-0.2, 0) is 9.47 Å². The number of nitrogens with one attached hydrogen (secondary N) is 1. The summed E-state index contributed by atoms with van der Waals surface area (Å²) < 4.78 is 10.4. The number of carbonyl (C=O) groups excluding carboxylic acids is 1. The summed E-state index contributed by atoms with van der Waals surface area (Å²) in [6.45, 7) is 3.49. The fourth-order valence-corrected chi connectivity index (χ4v) is 2.07. The first kappa shape index (κ1) is 12.8. The van der Waals surface area contributed by atoms with Crippen LogP contribution in [0.15, 0.2) is 18.3 Å². The molecular formula is C13H18N2O3. The van der Waals surface area contributed by atoms with Crippen LogP contribution in [0.3, 0.4) is 0 Å². The number of ether oxygens (including phenoxy) is 2. The van der Waals surface area contributed by atoms with Crippen molar-refractivity contribution in [1.29, 1.82) is 0 Å². The smallest absolute Gasteiger partial charge is 0.341 e. The Bertz CT molecular complexity index is 428. The molecule has 0 bridgehead atoms. The second-order valence-electron chi connectivity index (χ2n) is 4.65. The fraction of sp³-hybridized carbons (Fsp3) is 0.538. The number of hydrogen-bond donors (Lipinski definition) is 1. The van der Waals surface area contributed by atoms with E-state index in [0.717, 1.165) is 19.4 Å². The van der Waals surface area contributed by atoms with Crippen molar-refractivity contribution in [3.8, 4) is 0 Å². The predicted octanol–water partition coefficient (Wildman–Crippen LogP) is 1.85. The van der Waals surface area contributed by atoms with Gasteiger partial charge in [-0.1, -0.05) is 0 Å². The summed E-state index contributed by atoms with van der Waals surface area (Å²) in [5.74, 6) is 0.157. The largest absolute Gasteiger partial charge is 0.465 e. The van der Waals surface area contributed by atoms with Crippen molar-refractivity contribution in [1.82, 2.24) is 4.98 Å². The monoisotopic (exact) mass is 250 g/mol. The quantitative estimate of drug-likeness (QED) is 0.826. The summed E-state index contributed by atoms with van der Waals surface area (Å²) >= 11 is 0. The highest BCUT2D eigenvalue weighted by Gasteiger charge is 2.30. The number of methoxy groups -OCH3 is 1. The molecule has 1 aliphatic rings. The third-order valence-electron chi connectivity index (χ3n) is 3.14. The zero-order valence-electron chi connectivity index (χ0n) is 10.7. The van der Waals surface area contributed by atoms with Gasteiger partial charge in [-0.15, -0.1) is 0 Å². The van der Waals surface area contributed by atoms with E-state index in [1.54, 1.807) is 18.3 Å². The van der Waals surface area contributed by atoms with Crippen LogP contribution in [0.4, 0.5) is 5.82 Å². The Labute approximate surface area is 107 Å². The highest BCUT2D eigenvalue weighted by Crippen LogP contribution is 2.25. The van der Waals surface area contributed by atoms with Gasteiger partial charge in [0.05, 0.1) is 12.7 Å². The van der Waals surface area contributed by atoms with Crippen molar-refractivity contribution >= 4 is 11.8 Å². The molecule has 2 heterocycles. The number of esters is 1. The van der Waals surface area contributed by atoms with Gasteiger partial charge in [0, 0.05) is 19.3 Å². The molecule has 2 rings (SSSR count). The SMILES string of the molecule is COC(=O)c1cccnc1NCC1(C)CCCO1. The Morgan fingerprint density at radius 1 is 1.67 bits per heavy atom. The van der Waals surface area contributed by atoms with Crippen LogP contribution in [0.1, 0.15) is 30.1 Å². The summed E-state index contributed by atoms with van der Waals surface area (Å²) in [5.41, 5.74) is 0.270. The van der Waals surface area contributed by atoms with Gasteiger partial charge in [0.15, 0.2) is 0 Å². The first-order chi connectivity index (χ1) is 8.64. The molecule has 18 heavy (non-hydrogen) atoms. The molecule has 0 aromatic carbocycles. The zero-order valence-corrected chi connectivity index (χ0v) is 10.7. The molecule has 0 saturated carbocycles. The zero-order chi connectivity index (χ0) is 13.0. The van der Waals surface area contributed by atoms with Gasteiger partial charge in [0.25, 0.3) is 0 Å². The van der Waals surface area contributed by atoms with Crippen molar-refractivity contribution in [3.05, 3.63) is 23.9 Å². The molecule has 1 fully saturated rings. The van der Waals surface area contributed by atoms with Crippen molar-refractivity contribution in [2.24, 2.45) is 0 Å². The van der Waals surface area contributed by atoms with Crippen molar-refractivity contribution in [2.45, 2.75) is 25.4 Å². The second-order valence-corrected chi connectivity index (χ2v) is 4.65. The number of anilines is 1. The number of carbonyl (C=O) groups is 1. The van der Waals surface area contributed by atoms with Crippen LogP contribution in [0.5, 0.6) is 0 Å². The van der Waals surface area contributed by atoms with Gasteiger partial charge in [-0.25, -0.2) is 9.78 Å². The Balaban J connectivity index is 2.07. The van der Waals surface area contributed by atoms with Crippen LogP contribution < -0.4 is 5.32 Å². The van der Waals surface area contributed by atoms with E-state index in [1.165, 1.54) is 7.11 Å². The maximum absolute atomic E-state index is 11.6. The van der Waals surface area contributed by atoms with Crippen molar-refractivity contribution in [2.75, 3.05) is 25.6 Å². The molecule has 98 valence electrons. The van der Waals surface area contributed by atoms with Crippen LogP contribution in [0.25, 0.3) is 0 Å². The van der Waals surface area contributed by atoms with Gasteiger partial charge >= 0.3 is 5.97 Å². The Morgan fingerprint density at radius 2 is 2.50 bits per heavy atom. The van der Waals surface area contributed by atoms with E-state index in [1.807, 2.05) is 0 Å². The lowest BCUT2D eigenvalue weighted by atomic mass is 10.0. The van der Waals surface area contributed by atoms with E-state index in [0.29, 0.717) is 17.9 Å². The number of hydrogen-bond acceptors (Lipinski definition) is 5. The molecule has 5 nitrogen and oxygen atoms in total. The third kappa shape index (κ3) is 2.79. The number of rotatable bonds is 4. The van der Waals surface area contributed by atoms with Gasteiger partial charge in [-0.05, 0) is 31.9 Å². The summed E-state index contributed by atoms with van der Waals surface area (Å²) in [6, 6.07) is 3.41. The molecule has 1 saturated heterocycles. The number of aromatic nitrogens is 1. The molecule has 1 atom stereocenters. The lowest BCUT2D eigenvalue weighted by molar-refractivity contribution is 0.0314. The summed E-state index contributed by atoms with van der Waals surface area (Å²) in [5, 5.41) is 3.17. The van der Waals surface area contributed by atoms with E-state index in [2.05, 4.69) is 17.2 Å². The van der Waals surface area contributed by atoms with Gasteiger partial charge in [-0.2, -0.15) is 0 Å². The van der Waals surface area contributed by atoms with E-state index in [-0.39, 0.29) is 11.6 Å². The first-order valence-corrected chi connectivity index (χ1v) is 6.06. The summed E-state index contributed by atoms with van der Waals surface area (Å²) in [4.78, 5) is 15.7. The minimum atomic E-state index is -0.386. The molecule has 1 aromatic rings. The molecule has 0 amide bonds. The summed E-state index contributed by atoms with van der Waals surface area (Å²) in [7, 11) is 1.36. The fourth-order valence-electron chi connectivity index (χ4n) is 2.07. The van der Waals surface area contributed by atoms with Crippen LogP contribution in [0, 0.1) is 0 Å². The molecule has 1 aliphatic heterocycles. The van der Waals surface area contributed by atoms with Gasteiger partial charge < -0.3 is 14.8 Å². The van der Waals surface area contributed by atoms with Crippen LogP contribution in [-0.4, -0.2) is 36.8 Å². The average Bonchev–Trinajstić information content (AvgIpc) is 2.83. The van der Waals surface area contributed by atoms with E-state index >= 15 is 0 Å². The second kappa shape index (κ2) is 5.35. The standard InChI is InChI=1S/C13H18N2O3/c1-13(6-4-8-18-13)9-15-11-10(12(16)17-2)5-3-7-14-11/h3,5,7H,4,6,8-9H2,1-2H3,(H,14,15). The van der Waals surface area contributed by atoms with Crippen molar-refractivity contribution < 1.29 is 14.3 Å². The predicted molar refractivity (Wildman–Crippen MR) is 67.7 cm³/mol. The maximum Gasteiger partial charge on any atom is 0.341 e. The van der Waals surface area contributed by atoms with E-state index in [4.69, 9.17) is 9.47 Å². The van der Waals surface area contributed by atoms with Crippen LogP contribution >= 0.6 is 0 Å². The molecule has 1 N–H and O–H groups in total. The molecule has 5 heteroatoms. The molecule has 1 unspecified atom stereocenters. The third-order valence-corrected chi connectivity index (χ3v) is 3.14. The molecular weight excluding hydrogens is 232 g/mol. The van der Waals surface area contributed by atoms with Gasteiger partial charge in [-0.3, -0.25) is 0 Å². The number of nitrogens with zero attached hydrogens (tertiary/aromatic N) is 1. The molecule has 0 radical (unpaired) electrons. The van der Waals surface area contributed by atoms with Gasteiger partial charge in [0.2, 0.25) is 0 Å². The highest BCUT2D eigenvalue weighted by molar-refractivity contribution is 5.94. The Kier molecular flexibility index (Phi) is 3.81. The summed E-state index contributed by atoms with van der Waals surface area (Å²) in [6.07, 6.45) is 3.73. The minimum Gasteiger partial charge on any atom is -0.465 e. The van der Waals surface area contributed by atoms with E-state index in [9.17, 15) is 4.79 Å². The normalized spacial score (nSPS) is 22.8. The number of pyridine rings is 1. The first-order valence-electron chi connectivity index (χ1n) is 6.06. The molecule has 0 spiro atoms. The Hall–Kier alpha value is -1.62. The lowest BCUT2D eigenvalue weighted by Crippen LogP contribution is -2.33. The Morgan fingerprint density at radius 3 is 3.17 bits per heavy atom. The van der Waals surface area contributed by atoms with Gasteiger partial charge in [0.1, 0.15) is 11.4 Å². The molecule has 1 aromatic heterocycles. The average molecular weight is 250 g/mol. The minimum absolute atomic E-state index is 0.176. The van der Waals surface area contributed by atoms with Crippen molar-refractivity contribution in [3.63, 3.8) is 0 Å². The topological polar surface area (TPSA) is 60.5 Å². The van der Waals surface area contributed by atoms with Crippen LogP contribution in [0.2, 0.25) is 0 Å². The lowest BCUT2D eigenvalue weighted by Gasteiger charge is -2.24. The molecule has 0 aliphatic carbocycles.